The van der Waals surface area contributed by atoms with Crippen LogP contribution in [-0.4, -0.2) is 37.4 Å². The average Bonchev–Trinajstić information content (AvgIpc) is 2.19. The van der Waals surface area contributed by atoms with Crippen molar-refractivity contribution in [1.29, 1.82) is 0 Å². The van der Waals surface area contributed by atoms with E-state index in [0.717, 1.165) is 0 Å². The zero-order valence-corrected chi connectivity index (χ0v) is 9.27. The quantitative estimate of drug-likeness (QED) is 0.482. The molecule has 15 heavy (non-hydrogen) atoms. The predicted octanol–water partition coefficient (Wildman–Crippen LogP) is 0.632. The molecule has 4 nitrogen and oxygen atoms in total. The zero-order valence-electron chi connectivity index (χ0n) is 9.27. The molecule has 0 aliphatic heterocycles. The summed E-state index contributed by atoms with van der Waals surface area (Å²) in [7, 11) is 1.56. The van der Waals surface area contributed by atoms with Gasteiger partial charge in [0.05, 0.1) is 12.6 Å². The molecule has 0 fully saturated rings. The number of nitrogens with one attached hydrogen (secondary N) is 1. The maximum Gasteiger partial charge on any atom is 0.244 e. The third kappa shape index (κ3) is 7.90. The molecule has 86 valence electrons. The van der Waals surface area contributed by atoms with Gasteiger partial charge in [0.25, 0.3) is 0 Å². The van der Waals surface area contributed by atoms with Gasteiger partial charge in [-0.3, -0.25) is 4.79 Å². The van der Waals surface area contributed by atoms with Crippen LogP contribution in [0.25, 0.3) is 0 Å². The normalized spacial score (nSPS) is 13.5. The van der Waals surface area contributed by atoms with Crippen molar-refractivity contribution in [3.05, 3.63) is 24.3 Å². The van der Waals surface area contributed by atoms with Gasteiger partial charge in [-0.1, -0.05) is 18.2 Å². The largest absolute Gasteiger partial charge is 0.396 e. The van der Waals surface area contributed by atoms with Gasteiger partial charge in [0.2, 0.25) is 5.91 Å². The Morgan fingerprint density at radius 2 is 2.27 bits per heavy atom. The lowest BCUT2D eigenvalue weighted by Crippen LogP contribution is -2.37. The number of aliphatic hydroxyl groups excluding tert-OH is 1. The van der Waals surface area contributed by atoms with Crippen LogP contribution in [0.3, 0.4) is 0 Å². The highest BCUT2D eigenvalue weighted by molar-refractivity contribution is 5.87. The van der Waals surface area contributed by atoms with Crippen LogP contribution in [0, 0.1) is 0 Å². The number of hydrogen-bond acceptors (Lipinski definition) is 3. The molecule has 4 heteroatoms. The van der Waals surface area contributed by atoms with E-state index in [1.807, 2.05) is 13.0 Å². The molecule has 0 spiro atoms. The lowest BCUT2D eigenvalue weighted by atomic mass is 10.2. The first-order chi connectivity index (χ1) is 7.24. The maximum absolute atomic E-state index is 11.3. The van der Waals surface area contributed by atoms with Crippen molar-refractivity contribution in [2.45, 2.75) is 19.4 Å². The second kappa shape index (κ2) is 9.43. The van der Waals surface area contributed by atoms with E-state index in [0.29, 0.717) is 13.0 Å². The maximum atomic E-state index is 11.3. The van der Waals surface area contributed by atoms with Crippen molar-refractivity contribution in [1.82, 2.24) is 5.32 Å². The van der Waals surface area contributed by atoms with Crippen molar-refractivity contribution in [3.8, 4) is 0 Å². The minimum Gasteiger partial charge on any atom is -0.396 e. The lowest BCUT2D eigenvalue weighted by molar-refractivity contribution is -0.117. The Morgan fingerprint density at radius 1 is 1.53 bits per heavy atom. The van der Waals surface area contributed by atoms with Crippen LogP contribution >= 0.6 is 0 Å². The fraction of sp³-hybridized carbons (Fsp3) is 0.545. The second-order valence-electron chi connectivity index (χ2n) is 3.06. The molecule has 0 radical (unpaired) electrons. The third-order valence-corrected chi connectivity index (χ3v) is 1.74. The average molecular weight is 213 g/mol. The summed E-state index contributed by atoms with van der Waals surface area (Å²) in [4.78, 5) is 11.3. The Hall–Kier alpha value is -1.13. The first kappa shape index (κ1) is 13.9. The highest BCUT2D eigenvalue weighted by atomic mass is 16.5. The number of hydrogen-bond donors (Lipinski definition) is 2. The summed E-state index contributed by atoms with van der Waals surface area (Å²) in [5.41, 5.74) is 0. The van der Waals surface area contributed by atoms with E-state index in [4.69, 9.17) is 9.84 Å². The Morgan fingerprint density at radius 3 is 2.80 bits per heavy atom. The molecule has 0 aliphatic carbocycles. The molecule has 1 atom stereocenters. The number of aliphatic hydroxyl groups is 1. The summed E-state index contributed by atoms with van der Waals surface area (Å²) in [6.45, 7) is 2.32. The van der Waals surface area contributed by atoms with Gasteiger partial charge >= 0.3 is 0 Å². The van der Waals surface area contributed by atoms with E-state index in [1.54, 1.807) is 19.3 Å². The Kier molecular flexibility index (Phi) is 8.72. The minimum atomic E-state index is -0.177. The minimum absolute atomic E-state index is 0.0346. The van der Waals surface area contributed by atoms with E-state index < -0.39 is 0 Å². The molecule has 0 aromatic rings. The molecule has 0 aliphatic rings. The van der Waals surface area contributed by atoms with Gasteiger partial charge in [0.15, 0.2) is 0 Å². The number of carbonyl (C=O) groups excluding carboxylic acids is 1. The van der Waals surface area contributed by atoms with Crippen LogP contribution in [0.4, 0.5) is 0 Å². The summed E-state index contributed by atoms with van der Waals surface area (Å²) in [6.07, 6.45) is 7.22. The molecule has 1 amide bonds. The van der Waals surface area contributed by atoms with E-state index in [2.05, 4.69) is 5.32 Å². The van der Waals surface area contributed by atoms with Gasteiger partial charge in [0.1, 0.15) is 0 Å². The molecule has 0 saturated heterocycles. The van der Waals surface area contributed by atoms with Crippen molar-refractivity contribution in [2.75, 3.05) is 20.3 Å². The van der Waals surface area contributed by atoms with E-state index in [-0.39, 0.29) is 18.6 Å². The van der Waals surface area contributed by atoms with Gasteiger partial charge in [-0.25, -0.2) is 0 Å². The Labute approximate surface area is 90.6 Å². The summed E-state index contributed by atoms with van der Waals surface area (Å²) in [6, 6.07) is -0.136. The smallest absolute Gasteiger partial charge is 0.244 e. The van der Waals surface area contributed by atoms with Crippen LogP contribution in [0.1, 0.15) is 13.3 Å². The monoisotopic (exact) mass is 213 g/mol. The SMILES string of the molecule is CC=C/C=C/C(=O)NC(CCO)COC. The van der Waals surface area contributed by atoms with Crippen LogP contribution in [0.5, 0.6) is 0 Å². The molecule has 0 rings (SSSR count). The molecule has 2 N–H and O–H groups in total. The number of amides is 1. The lowest BCUT2D eigenvalue weighted by Gasteiger charge is -2.15. The Balaban J connectivity index is 3.98. The van der Waals surface area contributed by atoms with Gasteiger partial charge in [-0.15, -0.1) is 0 Å². The first-order valence-electron chi connectivity index (χ1n) is 4.94. The molecular weight excluding hydrogens is 194 g/mol. The topological polar surface area (TPSA) is 58.6 Å². The summed E-state index contributed by atoms with van der Waals surface area (Å²) in [5, 5.41) is 11.5. The predicted molar refractivity (Wildman–Crippen MR) is 59.5 cm³/mol. The van der Waals surface area contributed by atoms with Crippen LogP contribution in [0.15, 0.2) is 24.3 Å². The number of ether oxygens (including phenoxy) is 1. The highest BCUT2D eigenvalue weighted by Crippen LogP contribution is 1.92. The molecule has 0 bridgehead atoms. The van der Waals surface area contributed by atoms with Gasteiger partial charge in [-0.2, -0.15) is 0 Å². The van der Waals surface area contributed by atoms with Gasteiger partial charge < -0.3 is 15.2 Å². The van der Waals surface area contributed by atoms with Crippen molar-refractivity contribution in [2.24, 2.45) is 0 Å². The van der Waals surface area contributed by atoms with Gasteiger partial charge in [-0.05, 0) is 13.3 Å². The summed E-state index contributed by atoms with van der Waals surface area (Å²) >= 11 is 0. The molecule has 1 unspecified atom stereocenters. The molecule has 0 saturated carbocycles. The molecular formula is C11H19NO3. The van der Waals surface area contributed by atoms with Crippen molar-refractivity contribution < 1.29 is 14.6 Å². The van der Waals surface area contributed by atoms with Crippen LogP contribution in [0.2, 0.25) is 0 Å². The summed E-state index contributed by atoms with van der Waals surface area (Å²) < 4.78 is 4.92. The standard InChI is InChI=1S/C11H19NO3/c1-3-4-5-6-11(14)12-10(7-8-13)9-15-2/h3-6,10,13H,7-9H2,1-2H3,(H,12,14)/b4-3?,6-5+. The van der Waals surface area contributed by atoms with Gasteiger partial charge in [0, 0.05) is 19.8 Å². The molecule has 0 aromatic carbocycles. The molecule has 0 heterocycles. The molecule has 0 aromatic heterocycles. The number of allylic oxidation sites excluding steroid dienone is 3. The van der Waals surface area contributed by atoms with E-state index in [9.17, 15) is 4.79 Å². The van der Waals surface area contributed by atoms with Crippen molar-refractivity contribution in [3.63, 3.8) is 0 Å². The third-order valence-electron chi connectivity index (χ3n) is 1.74. The second-order valence-corrected chi connectivity index (χ2v) is 3.06. The number of carbonyl (C=O) groups is 1. The van der Waals surface area contributed by atoms with Crippen molar-refractivity contribution >= 4 is 5.91 Å². The number of methoxy groups -OCH3 is 1. The fourth-order valence-corrected chi connectivity index (χ4v) is 1.06. The highest BCUT2D eigenvalue weighted by Gasteiger charge is 2.08. The van der Waals surface area contributed by atoms with E-state index in [1.165, 1.54) is 6.08 Å². The fourth-order valence-electron chi connectivity index (χ4n) is 1.06. The zero-order chi connectivity index (χ0) is 11.5. The number of rotatable bonds is 7. The van der Waals surface area contributed by atoms with E-state index >= 15 is 0 Å². The Bertz CT molecular complexity index is 218. The summed E-state index contributed by atoms with van der Waals surface area (Å²) in [5.74, 6) is -0.177. The van der Waals surface area contributed by atoms with Crippen LogP contribution < -0.4 is 5.32 Å². The van der Waals surface area contributed by atoms with Crippen LogP contribution in [-0.2, 0) is 9.53 Å². The first-order valence-corrected chi connectivity index (χ1v) is 4.94.